The van der Waals surface area contributed by atoms with Gasteiger partial charge in [0.1, 0.15) is 11.2 Å². The number of aromatic amines is 1. The van der Waals surface area contributed by atoms with Gasteiger partial charge in [0.2, 0.25) is 0 Å². The van der Waals surface area contributed by atoms with Gasteiger partial charge < -0.3 is 19.4 Å². The van der Waals surface area contributed by atoms with E-state index in [1.54, 1.807) is 4.90 Å². The highest BCUT2D eigenvalue weighted by Gasteiger charge is 2.25. The Kier molecular flexibility index (Phi) is 6.95. The molecule has 0 radical (unpaired) electrons. The third-order valence-corrected chi connectivity index (χ3v) is 5.62. The predicted molar refractivity (Wildman–Crippen MR) is 128 cm³/mol. The van der Waals surface area contributed by atoms with E-state index in [0.717, 1.165) is 52.9 Å². The Hall–Kier alpha value is -2.97. The lowest BCUT2D eigenvalue weighted by Crippen LogP contribution is -2.50. The number of hydrogen-bond acceptors (Lipinski definition) is 6. The molecule has 3 aromatic heterocycles. The molecule has 1 saturated heterocycles. The quantitative estimate of drug-likeness (QED) is 0.571. The molecule has 33 heavy (non-hydrogen) atoms. The average Bonchev–Trinajstić information content (AvgIpc) is 3.19. The molecule has 0 aromatic carbocycles. The van der Waals surface area contributed by atoms with Crippen LogP contribution in [0.4, 0.5) is 4.79 Å². The van der Waals surface area contributed by atoms with Crippen LogP contribution in [-0.4, -0.2) is 75.8 Å². The average molecular weight is 452 g/mol. The Morgan fingerprint density at radius 3 is 2.64 bits per heavy atom. The van der Waals surface area contributed by atoms with E-state index in [9.17, 15) is 4.79 Å². The first-order chi connectivity index (χ1) is 15.8. The lowest BCUT2D eigenvalue weighted by molar-refractivity contribution is 0.0110. The third-order valence-electron chi connectivity index (χ3n) is 5.62. The van der Waals surface area contributed by atoms with Crippen LogP contribution < -0.4 is 0 Å². The summed E-state index contributed by atoms with van der Waals surface area (Å²) in [5, 5.41) is 1.07. The van der Waals surface area contributed by atoms with Gasteiger partial charge >= 0.3 is 6.09 Å². The first-order valence-corrected chi connectivity index (χ1v) is 11.4. The molecular formula is C25H33N5O3. The molecule has 8 heteroatoms. The zero-order valence-corrected chi connectivity index (χ0v) is 19.9. The molecule has 1 aliphatic rings. The van der Waals surface area contributed by atoms with Gasteiger partial charge in [0.05, 0.1) is 13.2 Å². The first kappa shape index (κ1) is 23.2. The maximum absolute atomic E-state index is 12.2. The lowest BCUT2D eigenvalue weighted by Gasteiger charge is -2.35. The van der Waals surface area contributed by atoms with Crippen molar-refractivity contribution in [2.24, 2.45) is 0 Å². The molecule has 4 heterocycles. The summed E-state index contributed by atoms with van der Waals surface area (Å²) in [5.74, 6) is 0. The van der Waals surface area contributed by atoms with E-state index in [1.807, 2.05) is 52.5 Å². The number of hydrogen-bond donors (Lipinski definition) is 1. The summed E-state index contributed by atoms with van der Waals surface area (Å²) in [6.07, 6.45) is 7.34. The second kappa shape index (κ2) is 9.89. The lowest BCUT2D eigenvalue weighted by atomic mass is 10.1. The van der Waals surface area contributed by atoms with Gasteiger partial charge in [0.25, 0.3) is 0 Å². The molecule has 0 spiro atoms. The minimum atomic E-state index is -0.460. The summed E-state index contributed by atoms with van der Waals surface area (Å²) < 4.78 is 11.4. The molecule has 0 aliphatic carbocycles. The molecule has 1 N–H and O–H groups in total. The second-order valence-corrected chi connectivity index (χ2v) is 9.55. The molecule has 8 nitrogen and oxygen atoms in total. The number of carbonyl (C=O) groups excluding carboxylic acids is 1. The third kappa shape index (κ3) is 6.09. The van der Waals surface area contributed by atoms with Gasteiger partial charge in [-0.1, -0.05) is 0 Å². The molecule has 3 aromatic rings. The van der Waals surface area contributed by atoms with Crippen LogP contribution in [0.5, 0.6) is 0 Å². The summed E-state index contributed by atoms with van der Waals surface area (Å²) in [7, 11) is 0. The molecular weight excluding hydrogens is 418 g/mol. The number of aryl methyl sites for hydroxylation is 1. The highest BCUT2D eigenvalue weighted by Crippen LogP contribution is 2.28. The number of pyridine rings is 2. The smallest absolute Gasteiger partial charge is 0.410 e. The van der Waals surface area contributed by atoms with Gasteiger partial charge in [0.15, 0.2) is 0 Å². The van der Waals surface area contributed by atoms with Crippen molar-refractivity contribution in [1.29, 1.82) is 0 Å². The zero-order valence-electron chi connectivity index (χ0n) is 19.9. The second-order valence-electron chi connectivity index (χ2n) is 9.55. The van der Waals surface area contributed by atoms with Crippen LogP contribution in [0.15, 0.2) is 36.9 Å². The number of ether oxygens (including phenoxy) is 2. The fourth-order valence-corrected chi connectivity index (χ4v) is 3.93. The van der Waals surface area contributed by atoms with E-state index >= 15 is 0 Å². The number of carbonyl (C=O) groups is 1. The summed E-state index contributed by atoms with van der Waals surface area (Å²) in [6, 6.07) is 4.26. The molecule has 0 saturated carbocycles. The topological polar surface area (TPSA) is 83.6 Å². The normalized spacial score (nSPS) is 15.2. The molecule has 0 bridgehead atoms. The molecule has 176 valence electrons. The maximum atomic E-state index is 12.2. The number of amides is 1. The molecule has 0 atom stereocenters. The molecule has 1 aliphatic heterocycles. The van der Waals surface area contributed by atoms with Crippen molar-refractivity contribution in [3.8, 4) is 11.1 Å². The van der Waals surface area contributed by atoms with E-state index < -0.39 is 5.60 Å². The molecule has 0 unspecified atom stereocenters. The number of rotatable bonds is 6. The van der Waals surface area contributed by atoms with Crippen molar-refractivity contribution in [3.63, 3.8) is 0 Å². The van der Waals surface area contributed by atoms with Crippen molar-refractivity contribution in [2.45, 2.75) is 39.9 Å². The minimum absolute atomic E-state index is 0.230. The Labute approximate surface area is 194 Å². The van der Waals surface area contributed by atoms with E-state index in [4.69, 9.17) is 9.47 Å². The van der Waals surface area contributed by atoms with Crippen LogP contribution in [0, 0.1) is 6.92 Å². The predicted octanol–water partition coefficient (Wildman–Crippen LogP) is 4.00. The number of nitrogens with one attached hydrogen (secondary N) is 1. The van der Waals surface area contributed by atoms with Gasteiger partial charge in [-0.2, -0.15) is 0 Å². The molecule has 1 fully saturated rings. The Bertz CT molecular complexity index is 1100. The monoisotopic (exact) mass is 451 g/mol. The van der Waals surface area contributed by atoms with E-state index in [0.29, 0.717) is 26.3 Å². The Balaban J connectivity index is 1.25. The highest BCUT2D eigenvalue weighted by atomic mass is 16.6. The fraction of sp³-hybridized carbons (Fsp3) is 0.480. The van der Waals surface area contributed by atoms with Crippen LogP contribution >= 0.6 is 0 Å². The van der Waals surface area contributed by atoms with Crippen molar-refractivity contribution < 1.29 is 14.3 Å². The van der Waals surface area contributed by atoms with Crippen LogP contribution in [0.25, 0.3) is 22.2 Å². The maximum Gasteiger partial charge on any atom is 0.410 e. The summed E-state index contributed by atoms with van der Waals surface area (Å²) in [4.78, 5) is 28.4. The van der Waals surface area contributed by atoms with Gasteiger partial charge in [-0.15, -0.1) is 0 Å². The summed E-state index contributed by atoms with van der Waals surface area (Å²) >= 11 is 0. The fourth-order valence-electron chi connectivity index (χ4n) is 3.93. The van der Waals surface area contributed by atoms with Crippen molar-refractivity contribution in [1.82, 2.24) is 24.8 Å². The van der Waals surface area contributed by atoms with Crippen molar-refractivity contribution in [2.75, 3.05) is 39.3 Å². The Morgan fingerprint density at radius 1 is 1.12 bits per heavy atom. The minimum Gasteiger partial charge on any atom is -0.444 e. The van der Waals surface area contributed by atoms with Crippen molar-refractivity contribution in [3.05, 3.63) is 48.0 Å². The van der Waals surface area contributed by atoms with E-state index in [1.165, 1.54) is 0 Å². The number of piperazine rings is 1. The van der Waals surface area contributed by atoms with Crippen LogP contribution in [0.2, 0.25) is 0 Å². The number of H-pyrrole nitrogens is 1. The van der Waals surface area contributed by atoms with Gasteiger partial charge in [0, 0.05) is 74.0 Å². The largest absolute Gasteiger partial charge is 0.444 e. The zero-order chi connectivity index (χ0) is 23.4. The number of aromatic nitrogens is 3. The summed E-state index contributed by atoms with van der Waals surface area (Å²) in [6.45, 7) is 12.7. The van der Waals surface area contributed by atoms with Gasteiger partial charge in [-0.05, 0) is 51.0 Å². The number of fused-ring (bicyclic) bond motifs is 1. The molecule has 4 rings (SSSR count). The highest BCUT2D eigenvalue weighted by molar-refractivity contribution is 5.93. The van der Waals surface area contributed by atoms with Gasteiger partial charge in [-0.25, -0.2) is 9.78 Å². The van der Waals surface area contributed by atoms with E-state index in [-0.39, 0.29) is 6.09 Å². The van der Waals surface area contributed by atoms with Crippen LogP contribution in [-0.2, 0) is 16.1 Å². The first-order valence-electron chi connectivity index (χ1n) is 11.4. The standard InChI is InChI=1S/C25H33N5O3/c1-18-11-20(15-26-13-18)22-16-28-23-21(22)12-19(14-27-23)17-32-10-9-29-5-7-30(8-6-29)24(31)33-25(2,3)4/h11-16H,5-10,17H2,1-4H3,(H,27,28). The van der Waals surface area contributed by atoms with E-state index in [2.05, 4.69) is 32.0 Å². The van der Waals surface area contributed by atoms with Crippen LogP contribution in [0.1, 0.15) is 31.9 Å². The van der Waals surface area contributed by atoms with Gasteiger partial charge in [-0.3, -0.25) is 9.88 Å². The summed E-state index contributed by atoms with van der Waals surface area (Å²) in [5.41, 5.74) is 4.74. The van der Waals surface area contributed by atoms with Crippen molar-refractivity contribution >= 4 is 17.1 Å². The number of nitrogens with zero attached hydrogens (tertiary/aromatic N) is 4. The Morgan fingerprint density at radius 2 is 1.91 bits per heavy atom. The molecule has 1 amide bonds. The van der Waals surface area contributed by atoms with Crippen LogP contribution in [0.3, 0.4) is 0 Å². The SMILES string of the molecule is Cc1cncc(-c2c[nH]c3ncc(COCCN4CCN(C(=O)OC(C)(C)C)CC4)cc23)c1.